The van der Waals surface area contributed by atoms with Crippen LogP contribution in [0.25, 0.3) is 10.9 Å². The smallest absolute Gasteiger partial charge is 0.275 e. The molecular formula is C23H19N3O2. The molecule has 3 aromatic carbocycles. The Hall–Kier alpha value is -3.86. The van der Waals surface area contributed by atoms with Crippen molar-refractivity contribution >= 4 is 23.0 Å². The molecule has 2 N–H and O–H groups in total. The number of carbonyl (C=O) groups excluding carboxylic acids is 1. The van der Waals surface area contributed by atoms with Gasteiger partial charge in [0.2, 0.25) is 0 Å². The lowest BCUT2D eigenvalue weighted by Crippen LogP contribution is -2.17. The van der Waals surface area contributed by atoms with Crippen LogP contribution in [0, 0.1) is 0 Å². The normalized spacial score (nSPS) is 11.1. The van der Waals surface area contributed by atoms with Crippen LogP contribution in [0.4, 0.5) is 0 Å². The Morgan fingerprint density at radius 1 is 0.964 bits per heavy atom. The van der Waals surface area contributed by atoms with Crippen molar-refractivity contribution in [1.82, 2.24) is 9.99 Å². The maximum absolute atomic E-state index is 12.2. The first-order valence-electron chi connectivity index (χ1n) is 8.95. The number of hydrazone groups is 1. The second-order valence-electron chi connectivity index (χ2n) is 6.43. The third kappa shape index (κ3) is 3.64. The fourth-order valence-electron chi connectivity index (χ4n) is 3.18. The number of hydrogen-bond donors (Lipinski definition) is 2. The first-order chi connectivity index (χ1) is 13.7. The van der Waals surface area contributed by atoms with Crippen molar-refractivity contribution in [3.8, 4) is 5.75 Å². The maximum atomic E-state index is 12.2. The average molecular weight is 369 g/mol. The van der Waals surface area contributed by atoms with Crippen molar-refractivity contribution in [2.45, 2.75) is 6.54 Å². The molecule has 0 spiro atoms. The van der Waals surface area contributed by atoms with Crippen LogP contribution in [-0.2, 0) is 6.54 Å². The number of carbonyl (C=O) groups is 1. The van der Waals surface area contributed by atoms with Crippen LogP contribution in [0.2, 0.25) is 0 Å². The molecule has 5 nitrogen and oxygen atoms in total. The molecule has 0 unspecified atom stereocenters. The molecule has 0 atom stereocenters. The number of amides is 1. The molecule has 138 valence electrons. The highest BCUT2D eigenvalue weighted by molar-refractivity contribution is 6.01. The maximum Gasteiger partial charge on any atom is 0.275 e. The Morgan fingerprint density at radius 2 is 1.68 bits per heavy atom. The van der Waals surface area contributed by atoms with Crippen LogP contribution >= 0.6 is 0 Å². The summed E-state index contributed by atoms with van der Waals surface area (Å²) in [5, 5.41) is 14.9. The lowest BCUT2D eigenvalue weighted by Gasteiger charge is -2.05. The molecule has 1 aromatic heterocycles. The molecule has 0 fully saturated rings. The summed E-state index contributed by atoms with van der Waals surface area (Å²) in [6.45, 7) is 0.749. The average Bonchev–Trinajstić information content (AvgIpc) is 3.07. The molecule has 0 radical (unpaired) electrons. The summed E-state index contributed by atoms with van der Waals surface area (Å²) < 4.78 is 2.16. The number of aromatic nitrogens is 1. The van der Waals surface area contributed by atoms with Crippen molar-refractivity contribution in [3.05, 3.63) is 102 Å². The van der Waals surface area contributed by atoms with Gasteiger partial charge in [-0.15, -0.1) is 0 Å². The zero-order valence-corrected chi connectivity index (χ0v) is 15.1. The lowest BCUT2D eigenvalue weighted by molar-refractivity contribution is 0.0952. The SMILES string of the molecule is O=C(NN=Cc1cn(Cc2ccccc2)c2ccccc12)c1ccccc1O. The quantitative estimate of drug-likeness (QED) is 0.410. The van der Waals surface area contributed by atoms with E-state index in [-0.39, 0.29) is 11.3 Å². The van der Waals surface area contributed by atoms with E-state index in [0.29, 0.717) is 0 Å². The number of hydrogen-bond acceptors (Lipinski definition) is 3. The fourth-order valence-corrected chi connectivity index (χ4v) is 3.18. The van der Waals surface area contributed by atoms with E-state index < -0.39 is 5.91 Å². The number of nitrogens with one attached hydrogen (secondary N) is 1. The van der Waals surface area contributed by atoms with E-state index >= 15 is 0 Å². The summed E-state index contributed by atoms with van der Waals surface area (Å²) in [4.78, 5) is 12.2. The molecule has 0 aliphatic carbocycles. The molecule has 0 aliphatic rings. The van der Waals surface area contributed by atoms with Gasteiger partial charge in [-0.25, -0.2) is 5.43 Å². The van der Waals surface area contributed by atoms with Crippen LogP contribution in [-0.4, -0.2) is 21.8 Å². The molecule has 28 heavy (non-hydrogen) atoms. The second-order valence-corrected chi connectivity index (χ2v) is 6.43. The Balaban J connectivity index is 1.58. The zero-order valence-electron chi connectivity index (χ0n) is 15.1. The van der Waals surface area contributed by atoms with Gasteiger partial charge >= 0.3 is 0 Å². The van der Waals surface area contributed by atoms with Crippen LogP contribution in [0.3, 0.4) is 0 Å². The molecule has 1 amide bonds. The van der Waals surface area contributed by atoms with Crippen molar-refractivity contribution in [3.63, 3.8) is 0 Å². The highest BCUT2D eigenvalue weighted by atomic mass is 16.3. The van der Waals surface area contributed by atoms with Crippen molar-refractivity contribution < 1.29 is 9.90 Å². The van der Waals surface area contributed by atoms with Gasteiger partial charge in [-0.1, -0.05) is 60.7 Å². The molecule has 4 rings (SSSR count). The summed E-state index contributed by atoms with van der Waals surface area (Å²) in [6.07, 6.45) is 3.65. The van der Waals surface area contributed by atoms with E-state index in [1.54, 1.807) is 24.4 Å². The predicted molar refractivity (Wildman–Crippen MR) is 111 cm³/mol. The second kappa shape index (κ2) is 7.80. The first kappa shape index (κ1) is 17.5. The van der Waals surface area contributed by atoms with E-state index in [2.05, 4.69) is 33.3 Å². The lowest BCUT2D eigenvalue weighted by atomic mass is 10.2. The molecule has 1 heterocycles. The van der Waals surface area contributed by atoms with Gasteiger partial charge < -0.3 is 9.67 Å². The van der Waals surface area contributed by atoms with Crippen molar-refractivity contribution in [1.29, 1.82) is 0 Å². The number of nitrogens with zero attached hydrogens (tertiary/aromatic N) is 2. The van der Waals surface area contributed by atoms with Crippen molar-refractivity contribution in [2.24, 2.45) is 5.10 Å². The Labute approximate surface area is 162 Å². The minimum atomic E-state index is -0.456. The van der Waals surface area contributed by atoms with E-state index in [9.17, 15) is 9.90 Å². The number of benzene rings is 3. The molecular weight excluding hydrogens is 350 g/mol. The number of phenolic OH excluding ortho intramolecular Hbond substituents is 1. The summed E-state index contributed by atoms with van der Waals surface area (Å²) in [5.74, 6) is -0.531. The van der Waals surface area contributed by atoms with Gasteiger partial charge in [-0.05, 0) is 23.8 Å². The van der Waals surface area contributed by atoms with E-state index in [1.165, 1.54) is 11.6 Å². The van der Waals surface area contributed by atoms with Gasteiger partial charge in [0, 0.05) is 29.2 Å². The molecule has 0 saturated heterocycles. The van der Waals surface area contributed by atoms with Gasteiger partial charge in [-0.2, -0.15) is 5.10 Å². The van der Waals surface area contributed by atoms with Crippen LogP contribution in [0.15, 0.2) is 90.2 Å². The van der Waals surface area contributed by atoms with E-state index in [0.717, 1.165) is 23.0 Å². The highest BCUT2D eigenvalue weighted by Gasteiger charge is 2.10. The van der Waals surface area contributed by atoms with Crippen LogP contribution in [0.5, 0.6) is 5.75 Å². The fraction of sp³-hybridized carbons (Fsp3) is 0.0435. The van der Waals surface area contributed by atoms with Gasteiger partial charge in [0.1, 0.15) is 5.75 Å². The van der Waals surface area contributed by atoms with Crippen LogP contribution in [0.1, 0.15) is 21.5 Å². The molecule has 0 saturated carbocycles. The zero-order chi connectivity index (χ0) is 19.3. The van der Waals surface area contributed by atoms with Gasteiger partial charge in [-0.3, -0.25) is 4.79 Å². The number of rotatable bonds is 5. The Morgan fingerprint density at radius 3 is 2.50 bits per heavy atom. The Kier molecular flexibility index (Phi) is 4.89. The van der Waals surface area contributed by atoms with Crippen molar-refractivity contribution in [2.75, 3.05) is 0 Å². The topological polar surface area (TPSA) is 66.6 Å². The number of para-hydroxylation sites is 2. The highest BCUT2D eigenvalue weighted by Crippen LogP contribution is 2.21. The standard InChI is InChI=1S/C23H19N3O2/c27-22-13-7-5-11-20(22)23(28)25-24-14-18-16-26(15-17-8-2-1-3-9-17)21-12-6-4-10-19(18)21/h1-14,16,27H,15H2,(H,25,28). The van der Waals surface area contributed by atoms with Gasteiger partial charge in [0.05, 0.1) is 11.8 Å². The van der Waals surface area contributed by atoms with Gasteiger partial charge in [0.15, 0.2) is 0 Å². The summed E-state index contributed by atoms with van der Waals surface area (Å²) >= 11 is 0. The number of phenols is 1. The Bertz CT molecular complexity index is 1150. The summed E-state index contributed by atoms with van der Waals surface area (Å²) in [6, 6.07) is 24.7. The molecule has 5 heteroatoms. The third-order valence-electron chi connectivity index (χ3n) is 4.53. The molecule has 4 aromatic rings. The minimum Gasteiger partial charge on any atom is -0.507 e. The van der Waals surface area contributed by atoms with E-state index in [1.807, 2.05) is 42.6 Å². The molecule has 0 aliphatic heterocycles. The van der Waals surface area contributed by atoms with Gasteiger partial charge in [0.25, 0.3) is 5.91 Å². The summed E-state index contributed by atoms with van der Waals surface area (Å²) in [5.41, 5.74) is 5.87. The largest absolute Gasteiger partial charge is 0.507 e. The number of aromatic hydroxyl groups is 1. The minimum absolute atomic E-state index is 0.0744. The molecule has 0 bridgehead atoms. The third-order valence-corrected chi connectivity index (χ3v) is 4.53. The van der Waals surface area contributed by atoms with Crippen LogP contribution < -0.4 is 5.43 Å². The monoisotopic (exact) mass is 369 g/mol. The number of fused-ring (bicyclic) bond motifs is 1. The first-order valence-corrected chi connectivity index (χ1v) is 8.95. The van der Waals surface area contributed by atoms with E-state index in [4.69, 9.17) is 0 Å². The predicted octanol–water partition coefficient (Wildman–Crippen LogP) is 4.16. The summed E-state index contributed by atoms with van der Waals surface area (Å²) in [7, 11) is 0.